The van der Waals surface area contributed by atoms with Gasteiger partial charge in [0.05, 0.1) is 0 Å². The Hall–Kier alpha value is -0.280. The molecule has 2 nitrogen and oxygen atoms in total. The van der Waals surface area contributed by atoms with Crippen molar-refractivity contribution in [3.63, 3.8) is 0 Å². The van der Waals surface area contributed by atoms with Gasteiger partial charge in [0.15, 0.2) is 0 Å². The van der Waals surface area contributed by atoms with Gasteiger partial charge >= 0.3 is 0 Å². The molecule has 0 aliphatic heterocycles. The largest absolute Gasteiger partial charge is 0.396 e. The van der Waals surface area contributed by atoms with Crippen LogP contribution in [0.2, 0.25) is 10.0 Å². The van der Waals surface area contributed by atoms with E-state index in [0.717, 1.165) is 31.5 Å². The molecule has 0 spiro atoms. The van der Waals surface area contributed by atoms with Crippen LogP contribution >= 0.6 is 23.2 Å². The second-order valence-corrected chi connectivity index (χ2v) is 5.41. The molecule has 1 aliphatic rings. The van der Waals surface area contributed by atoms with Gasteiger partial charge in [0.2, 0.25) is 0 Å². The monoisotopic (exact) mass is 259 g/mol. The smallest absolute Gasteiger partial charge is 0.0499 e. The summed E-state index contributed by atoms with van der Waals surface area (Å²) >= 11 is 11.8. The first-order valence-electron chi connectivity index (χ1n) is 5.40. The number of halogens is 2. The molecule has 0 atom stereocenters. The van der Waals surface area contributed by atoms with E-state index >= 15 is 0 Å². The fourth-order valence-electron chi connectivity index (χ4n) is 1.75. The third kappa shape index (κ3) is 3.11. The maximum Gasteiger partial charge on any atom is 0.0499 e. The molecule has 1 aromatic carbocycles. The van der Waals surface area contributed by atoms with Crippen molar-refractivity contribution in [1.82, 2.24) is 5.32 Å². The van der Waals surface area contributed by atoms with Gasteiger partial charge in [0.1, 0.15) is 0 Å². The topological polar surface area (TPSA) is 32.3 Å². The maximum absolute atomic E-state index is 9.16. The maximum atomic E-state index is 9.16. The molecule has 2 N–H and O–H groups in total. The summed E-state index contributed by atoms with van der Waals surface area (Å²) in [4.78, 5) is 0. The second kappa shape index (κ2) is 4.92. The van der Waals surface area contributed by atoms with Gasteiger partial charge < -0.3 is 10.4 Å². The van der Waals surface area contributed by atoms with Crippen LogP contribution < -0.4 is 5.32 Å². The van der Waals surface area contributed by atoms with E-state index in [9.17, 15) is 0 Å². The molecular formula is C12H15Cl2NO. The molecule has 0 aromatic heterocycles. The molecule has 0 heterocycles. The van der Waals surface area contributed by atoms with Crippen molar-refractivity contribution in [3.8, 4) is 0 Å². The predicted octanol–water partition coefficient (Wildman–Crippen LogP) is 2.86. The van der Waals surface area contributed by atoms with Crippen molar-refractivity contribution in [3.05, 3.63) is 33.8 Å². The molecule has 0 radical (unpaired) electrons. The van der Waals surface area contributed by atoms with Gasteiger partial charge in [-0.05, 0) is 36.6 Å². The summed E-state index contributed by atoms with van der Waals surface area (Å²) in [5.74, 6) is 0. The zero-order chi connectivity index (χ0) is 11.6. The predicted molar refractivity (Wildman–Crippen MR) is 66.9 cm³/mol. The average Bonchev–Trinajstić information content (AvgIpc) is 2.97. The quantitative estimate of drug-likeness (QED) is 0.853. The Balaban J connectivity index is 1.85. The van der Waals surface area contributed by atoms with E-state index in [-0.39, 0.29) is 12.0 Å². The summed E-state index contributed by atoms with van der Waals surface area (Å²) in [5, 5.41) is 13.8. The lowest BCUT2D eigenvalue weighted by Crippen LogP contribution is -2.26. The molecular weight excluding hydrogens is 245 g/mol. The Kier molecular flexibility index (Phi) is 3.75. The van der Waals surface area contributed by atoms with Gasteiger partial charge in [0, 0.05) is 35.2 Å². The van der Waals surface area contributed by atoms with Crippen molar-refractivity contribution in [1.29, 1.82) is 0 Å². The first-order chi connectivity index (χ1) is 7.63. The fourth-order valence-corrected chi connectivity index (χ4v) is 2.32. The zero-order valence-corrected chi connectivity index (χ0v) is 10.5. The summed E-state index contributed by atoms with van der Waals surface area (Å²) < 4.78 is 0. The number of benzene rings is 1. The van der Waals surface area contributed by atoms with Crippen LogP contribution in [0.25, 0.3) is 0 Å². The van der Waals surface area contributed by atoms with E-state index in [4.69, 9.17) is 28.3 Å². The third-order valence-corrected chi connectivity index (χ3v) is 3.48. The summed E-state index contributed by atoms with van der Waals surface area (Å²) in [6, 6.07) is 5.53. The normalized spacial score (nSPS) is 17.4. The number of aliphatic hydroxyl groups is 1. The number of nitrogens with one attached hydrogen (secondary N) is 1. The first-order valence-corrected chi connectivity index (χ1v) is 6.16. The highest BCUT2D eigenvalue weighted by Crippen LogP contribution is 2.44. The highest BCUT2D eigenvalue weighted by atomic mass is 35.5. The summed E-state index contributed by atoms with van der Waals surface area (Å²) in [5.41, 5.74) is 1.22. The average molecular weight is 260 g/mol. The van der Waals surface area contributed by atoms with Crippen molar-refractivity contribution in [2.45, 2.75) is 19.4 Å². The molecule has 1 saturated carbocycles. The van der Waals surface area contributed by atoms with E-state index in [1.165, 1.54) is 0 Å². The van der Waals surface area contributed by atoms with Gasteiger partial charge in [-0.2, -0.15) is 0 Å². The molecule has 0 bridgehead atoms. The molecule has 0 saturated heterocycles. The van der Waals surface area contributed by atoms with E-state index < -0.39 is 0 Å². The Morgan fingerprint density at radius 2 is 1.81 bits per heavy atom. The molecule has 16 heavy (non-hydrogen) atoms. The number of hydrogen-bond acceptors (Lipinski definition) is 2. The minimum absolute atomic E-state index is 0.141. The van der Waals surface area contributed by atoms with Gasteiger partial charge in [0.25, 0.3) is 0 Å². The SMILES string of the molecule is OCC1(CNCc2cc(Cl)cc(Cl)c2)CC1. The van der Waals surface area contributed by atoms with Crippen LogP contribution in [0.15, 0.2) is 18.2 Å². The lowest BCUT2D eigenvalue weighted by Gasteiger charge is -2.12. The summed E-state index contributed by atoms with van der Waals surface area (Å²) in [7, 11) is 0. The van der Waals surface area contributed by atoms with Crippen molar-refractivity contribution in [2.24, 2.45) is 5.41 Å². The Bertz CT molecular complexity index is 357. The molecule has 88 valence electrons. The molecule has 0 unspecified atom stereocenters. The lowest BCUT2D eigenvalue weighted by atomic mass is 10.1. The summed E-state index contributed by atoms with van der Waals surface area (Å²) in [6.45, 7) is 1.87. The fraction of sp³-hybridized carbons (Fsp3) is 0.500. The molecule has 2 rings (SSSR count). The lowest BCUT2D eigenvalue weighted by molar-refractivity contribution is 0.207. The molecule has 0 amide bonds. The standard InChI is InChI=1S/C12H15Cl2NO/c13-10-3-9(4-11(14)5-10)6-15-7-12(8-16)1-2-12/h3-5,15-16H,1-2,6-8H2. The minimum Gasteiger partial charge on any atom is -0.396 e. The number of rotatable bonds is 5. The molecule has 4 heteroatoms. The van der Waals surface area contributed by atoms with Gasteiger partial charge in [-0.25, -0.2) is 0 Å². The van der Waals surface area contributed by atoms with E-state index in [1.54, 1.807) is 6.07 Å². The Labute approximate surface area is 106 Å². The van der Waals surface area contributed by atoms with E-state index in [1.807, 2.05) is 12.1 Å². The van der Waals surface area contributed by atoms with Crippen LogP contribution in [0.5, 0.6) is 0 Å². The van der Waals surface area contributed by atoms with Crippen molar-refractivity contribution in [2.75, 3.05) is 13.2 Å². The van der Waals surface area contributed by atoms with E-state index in [2.05, 4.69) is 5.32 Å². The van der Waals surface area contributed by atoms with Crippen LogP contribution in [-0.4, -0.2) is 18.3 Å². The second-order valence-electron chi connectivity index (χ2n) is 4.54. The molecule has 1 aliphatic carbocycles. The van der Waals surface area contributed by atoms with Crippen molar-refractivity contribution < 1.29 is 5.11 Å². The van der Waals surface area contributed by atoms with Crippen LogP contribution in [0, 0.1) is 5.41 Å². The van der Waals surface area contributed by atoms with Crippen LogP contribution in [0.3, 0.4) is 0 Å². The van der Waals surface area contributed by atoms with E-state index in [0.29, 0.717) is 10.0 Å². The van der Waals surface area contributed by atoms with Gasteiger partial charge in [-0.1, -0.05) is 23.2 Å². The van der Waals surface area contributed by atoms with Crippen molar-refractivity contribution >= 4 is 23.2 Å². The van der Waals surface area contributed by atoms with Crippen LogP contribution in [-0.2, 0) is 6.54 Å². The highest BCUT2D eigenvalue weighted by molar-refractivity contribution is 6.34. The number of aliphatic hydroxyl groups excluding tert-OH is 1. The third-order valence-electron chi connectivity index (χ3n) is 3.04. The minimum atomic E-state index is 0.141. The van der Waals surface area contributed by atoms with Crippen LogP contribution in [0.4, 0.5) is 0 Å². The zero-order valence-electron chi connectivity index (χ0n) is 8.97. The molecule has 1 fully saturated rings. The van der Waals surface area contributed by atoms with Crippen LogP contribution in [0.1, 0.15) is 18.4 Å². The Morgan fingerprint density at radius 3 is 2.31 bits per heavy atom. The first kappa shape index (κ1) is 12.2. The number of hydrogen-bond donors (Lipinski definition) is 2. The highest BCUT2D eigenvalue weighted by Gasteiger charge is 2.41. The van der Waals surface area contributed by atoms with Gasteiger partial charge in [-0.15, -0.1) is 0 Å². The Morgan fingerprint density at radius 1 is 1.19 bits per heavy atom. The summed E-state index contributed by atoms with van der Waals surface area (Å²) in [6.07, 6.45) is 2.24. The van der Waals surface area contributed by atoms with Gasteiger partial charge in [-0.3, -0.25) is 0 Å². The molecule has 1 aromatic rings.